The van der Waals surface area contributed by atoms with Crippen LogP contribution in [0.5, 0.6) is 0 Å². The summed E-state index contributed by atoms with van der Waals surface area (Å²) < 4.78 is 5.25. The van der Waals surface area contributed by atoms with Crippen LogP contribution < -0.4 is 10.6 Å². The molecule has 0 radical (unpaired) electrons. The van der Waals surface area contributed by atoms with Gasteiger partial charge in [0.1, 0.15) is 10.8 Å². The van der Waals surface area contributed by atoms with Crippen molar-refractivity contribution in [3.63, 3.8) is 0 Å². The molecule has 1 unspecified atom stereocenters. The standard InChI is InChI=1S/C16H25N5OS.HI/c1-6-17-16(20-9-14-18-8-11(3)23-14)19-7-10(2)15-12(4)21-22-13(15)5;/h8,10H,6-7,9H2,1-5H3,(H2,17,19,20);1H. The molecule has 0 aliphatic heterocycles. The number of guanidine groups is 1. The van der Waals surface area contributed by atoms with Crippen LogP contribution in [0.15, 0.2) is 15.7 Å². The Hall–Kier alpha value is -1.16. The zero-order valence-corrected chi connectivity index (χ0v) is 18.0. The van der Waals surface area contributed by atoms with Crippen molar-refractivity contribution in [2.75, 3.05) is 13.1 Å². The summed E-state index contributed by atoms with van der Waals surface area (Å²) in [4.78, 5) is 10.1. The Morgan fingerprint density at radius 2 is 2.08 bits per heavy atom. The van der Waals surface area contributed by atoms with Crippen molar-refractivity contribution in [3.05, 3.63) is 33.1 Å². The molecule has 0 saturated heterocycles. The van der Waals surface area contributed by atoms with Crippen LogP contribution in [0.3, 0.4) is 0 Å². The van der Waals surface area contributed by atoms with Crippen LogP contribution in [0.2, 0.25) is 0 Å². The summed E-state index contributed by atoms with van der Waals surface area (Å²) in [6.45, 7) is 12.4. The van der Waals surface area contributed by atoms with Gasteiger partial charge in [-0.2, -0.15) is 0 Å². The largest absolute Gasteiger partial charge is 0.361 e. The number of aryl methyl sites for hydroxylation is 3. The van der Waals surface area contributed by atoms with Gasteiger partial charge in [0.2, 0.25) is 0 Å². The summed E-state index contributed by atoms with van der Waals surface area (Å²) >= 11 is 1.68. The molecule has 0 saturated carbocycles. The topological polar surface area (TPSA) is 75.3 Å². The molecule has 0 aromatic carbocycles. The molecule has 2 rings (SSSR count). The third-order valence-electron chi connectivity index (χ3n) is 3.54. The van der Waals surface area contributed by atoms with E-state index in [-0.39, 0.29) is 24.0 Å². The van der Waals surface area contributed by atoms with Gasteiger partial charge in [0, 0.05) is 35.6 Å². The summed E-state index contributed by atoms with van der Waals surface area (Å²) in [6.07, 6.45) is 1.88. The van der Waals surface area contributed by atoms with Gasteiger partial charge in [0.25, 0.3) is 0 Å². The molecule has 0 aliphatic carbocycles. The minimum Gasteiger partial charge on any atom is -0.361 e. The average Bonchev–Trinajstić information content (AvgIpc) is 3.07. The van der Waals surface area contributed by atoms with E-state index >= 15 is 0 Å². The highest BCUT2D eigenvalue weighted by atomic mass is 127. The number of hydrogen-bond donors (Lipinski definition) is 2. The van der Waals surface area contributed by atoms with E-state index in [0.29, 0.717) is 12.5 Å². The van der Waals surface area contributed by atoms with Gasteiger partial charge in [-0.15, -0.1) is 35.3 Å². The van der Waals surface area contributed by atoms with Crippen molar-refractivity contribution in [1.29, 1.82) is 0 Å². The van der Waals surface area contributed by atoms with E-state index in [1.807, 2.05) is 20.0 Å². The highest BCUT2D eigenvalue weighted by Gasteiger charge is 2.16. The second-order valence-electron chi connectivity index (χ2n) is 5.58. The molecule has 0 fully saturated rings. The van der Waals surface area contributed by atoms with E-state index in [0.717, 1.165) is 35.5 Å². The molecule has 0 amide bonds. The third-order valence-corrected chi connectivity index (χ3v) is 4.44. The monoisotopic (exact) mass is 463 g/mol. The van der Waals surface area contributed by atoms with Crippen LogP contribution >= 0.6 is 35.3 Å². The predicted octanol–water partition coefficient (Wildman–Crippen LogP) is 3.53. The lowest BCUT2D eigenvalue weighted by atomic mass is 10.00. The Balaban J connectivity index is 0.00000288. The maximum Gasteiger partial charge on any atom is 0.191 e. The number of nitrogens with one attached hydrogen (secondary N) is 2. The van der Waals surface area contributed by atoms with Gasteiger partial charge in [-0.25, -0.2) is 9.98 Å². The van der Waals surface area contributed by atoms with Gasteiger partial charge >= 0.3 is 0 Å². The zero-order valence-electron chi connectivity index (χ0n) is 14.8. The first-order valence-electron chi connectivity index (χ1n) is 7.87. The minimum atomic E-state index is 0. The summed E-state index contributed by atoms with van der Waals surface area (Å²) in [5, 5.41) is 11.7. The van der Waals surface area contributed by atoms with Crippen LogP contribution in [0, 0.1) is 20.8 Å². The summed E-state index contributed by atoms with van der Waals surface area (Å²) in [5.41, 5.74) is 2.13. The Labute approximate surface area is 164 Å². The summed E-state index contributed by atoms with van der Waals surface area (Å²) in [7, 11) is 0. The maximum absolute atomic E-state index is 5.25. The first-order chi connectivity index (χ1) is 11.0. The Morgan fingerprint density at radius 3 is 2.62 bits per heavy atom. The molecule has 0 spiro atoms. The summed E-state index contributed by atoms with van der Waals surface area (Å²) in [5.74, 6) is 1.99. The highest BCUT2D eigenvalue weighted by molar-refractivity contribution is 14.0. The van der Waals surface area contributed by atoms with Gasteiger partial charge in [0.05, 0.1) is 12.2 Å². The lowest BCUT2D eigenvalue weighted by Gasteiger charge is -2.15. The Kier molecular flexibility index (Phi) is 8.68. The van der Waals surface area contributed by atoms with E-state index in [2.05, 4.69) is 46.5 Å². The molecule has 2 heterocycles. The fourth-order valence-electron chi connectivity index (χ4n) is 2.51. The summed E-state index contributed by atoms with van der Waals surface area (Å²) in [6, 6.07) is 0. The fourth-order valence-corrected chi connectivity index (χ4v) is 3.22. The van der Waals surface area contributed by atoms with Crippen molar-refractivity contribution < 1.29 is 4.52 Å². The van der Waals surface area contributed by atoms with Crippen molar-refractivity contribution in [2.24, 2.45) is 4.99 Å². The maximum atomic E-state index is 5.25. The van der Waals surface area contributed by atoms with E-state index in [1.54, 1.807) is 11.3 Å². The zero-order chi connectivity index (χ0) is 16.8. The second-order valence-corrected chi connectivity index (χ2v) is 6.90. The van der Waals surface area contributed by atoms with Crippen LogP contribution in [0.4, 0.5) is 0 Å². The molecule has 0 aliphatic rings. The van der Waals surface area contributed by atoms with Crippen molar-refractivity contribution >= 4 is 41.3 Å². The van der Waals surface area contributed by atoms with Crippen LogP contribution in [0.25, 0.3) is 0 Å². The van der Waals surface area contributed by atoms with Gasteiger partial charge in [-0.05, 0) is 27.7 Å². The van der Waals surface area contributed by atoms with E-state index in [1.165, 1.54) is 10.4 Å². The van der Waals surface area contributed by atoms with Gasteiger partial charge in [-0.3, -0.25) is 0 Å². The predicted molar refractivity (Wildman–Crippen MR) is 109 cm³/mol. The first kappa shape index (κ1) is 20.9. The quantitative estimate of drug-likeness (QED) is 0.390. The van der Waals surface area contributed by atoms with Gasteiger partial charge in [-0.1, -0.05) is 12.1 Å². The van der Waals surface area contributed by atoms with E-state index in [9.17, 15) is 0 Å². The molecule has 2 aromatic heterocycles. The van der Waals surface area contributed by atoms with Crippen molar-refractivity contribution in [2.45, 2.75) is 47.1 Å². The number of hydrogen-bond acceptors (Lipinski definition) is 5. The molecule has 2 N–H and O–H groups in total. The number of aromatic nitrogens is 2. The normalized spacial score (nSPS) is 12.6. The van der Waals surface area contributed by atoms with Crippen molar-refractivity contribution in [3.8, 4) is 0 Å². The number of aliphatic imine (C=N–C) groups is 1. The second kappa shape index (κ2) is 9.97. The smallest absolute Gasteiger partial charge is 0.191 e. The average molecular weight is 463 g/mol. The number of nitrogens with zero attached hydrogens (tertiary/aromatic N) is 3. The molecular formula is C16H26IN5OS. The lowest BCUT2D eigenvalue weighted by molar-refractivity contribution is 0.391. The van der Waals surface area contributed by atoms with Crippen LogP contribution in [-0.2, 0) is 6.54 Å². The van der Waals surface area contributed by atoms with Gasteiger partial charge < -0.3 is 15.2 Å². The number of rotatable bonds is 6. The van der Waals surface area contributed by atoms with E-state index in [4.69, 9.17) is 4.52 Å². The molecule has 24 heavy (non-hydrogen) atoms. The van der Waals surface area contributed by atoms with Crippen LogP contribution in [-0.4, -0.2) is 29.2 Å². The Morgan fingerprint density at radius 1 is 1.33 bits per heavy atom. The molecule has 6 nitrogen and oxygen atoms in total. The third kappa shape index (κ3) is 5.73. The molecule has 0 bridgehead atoms. The van der Waals surface area contributed by atoms with E-state index < -0.39 is 0 Å². The fraction of sp³-hybridized carbons (Fsp3) is 0.562. The van der Waals surface area contributed by atoms with Gasteiger partial charge in [0.15, 0.2) is 5.96 Å². The number of thiazole rings is 1. The van der Waals surface area contributed by atoms with Crippen molar-refractivity contribution in [1.82, 2.24) is 20.8 Å². The molecular weight excluding hydrogens is 437 g/mol. The Bertz CT molecular complexity index is 648. The SMILES string of the molecule is CCNC(=NCc1ncc(C)s1)NCC(C)c1c(C)noc1C.I. The lowest BCUT2D eigenvalue weighted by Crippen LogP contribution is -2.39. The highest BCUT2D eigenvalue weighted by Crippen LogP contribution is 2.22. The minimum absolute atomic E-state index is 0. The first-order valence-corrected chi connectivity index (χ1v) is 8.69. The number of halogens is 1. The van der Waals surface area contributed by atoms with Crippen LogP contribution in [0.1, 0.15) is 46.7 Å². The molecule has 134 valence electrons. The molecule has 1 atom stereocenters. The molecule has 8 heteroatoms. The molecule has 2 aromatic rings.